The molecule has 0 saturated carbocycles. The van der Waals surface area contributed by atoms with E-state index in [1.54, 1.807) is 23.5 Å². The van der Waals surface area contributed by atoms with Gasteiger partial charge in [0.25, 0.3) is 0 Å². The first kappa shape index (κ1) is 18.0. The molecule has 0 aliphatic heterocycles. The molecule has 0 amide bonds. The second-order valence-corrected chi connectivity index (χ2v) is 6.70. The Labute approximate surface area is 157 Å². The molecular formula is C22H20O3S. The minimum atomic E-state index is -0.948. The average molecular weight is 364 g/mol. The van der Waals surface area contributed by atoms with E-state index in [4.69, 9.17) is 4.74 Å². The van der Waals surface area contributed by atoms with Crippen molar-refractivity contribution in [2.45, 2.75) is 12.8 Å². The van der Waals surface area contributed by atoms with Crippen LogP contribution in [0.15, 0.2) is 72.1 Å². The molecule has 3 rings (SSSR count). The predicted octanol–water partition coefficient (Wildman–Crippen LogP) is 5.69. The topological polar surface area (TPSA) is 46.5 Å². The largest absolute Gasteiger partial charge is 0.494 e. The molecule has 4 heteroatoms. The van der Waals surface area contributed by atoms with Gasteiger partial charge in [0.15, 0.2) is 0 Å². The summed E-state index contributed by atoms with van der Waals surface area (Å²) in [6.45, 7) is 2.38. The lowest BCUT2D eigenvalue weighted by Gasteiger charge is -2.19. The Morgan fingerprint density at radius 1 is 1.12 bits per heavy atom. The lowest BCUT2D eigenvalue weighted by Crippen LogP contribution is -2.09. The monoisotopic (exact) mass is 364 g/mol. The molecule has 0 aliphatic rings. The van der Waals surface area contributed by atoms with Gasteiger partial charge >= 0.3 is 5.97 Å². The van der Waals surface area contributed by atoms with Crippen LogP contribution in [0.2, 0.25) is 0 Å². The van der Waals surface area contributed by atoms with E-state index in [9.17, 15) is 9.90 Å². The number of carbonyl (C=O) groups is 1. The van der Waals surface area contributed by atoms with Crippen molar-refractivity contribution in [3.63, 3.8) is 0 Å². The molecule has 0 radical (unpaired) electrons. The Morgan fingerprint density at radius 2 is 1.92 bits per heavy atom. The maximum atomic E-state index is 11.9. The molecule has 3 nitrogen and oxygen atoms in total. The Morgan fingerprint density at radius 3 is 2.58 bits per heavy atom. The van der Waals surface area contributed by atoms with Crippen molar-refractivity contribution in [2.75, 3.05) is 6.61 Å². The van der Waals surface area contributed by atoms with Crippen molar-refractivity contribution < 1.29 is 14.6 Å². The minimum Gasteiger partial charge on any atom is -0.494 e. The number of aromatic carboxylic acids is 1. The molecule has 1 N–H and O–H groups in total. The summed E-state index contributed by atoms with van der Waals surface area (Å²) in [7, 11) is 0. The molecule has 1 aromatic heterocycles. The Bertz CT molecular complexity index is 883. The maximum absolute atomic E-state index is 11.9. The first-order valence-electron chi connectivity index (χ1n) is 8.46. The minimum absolute atomic E-state index is 0.191. The van der Waals surface area contributed by atoms with E-state index in [0.717, 1.165) is 10.4 Å². The number of thiophene rings is 1. The first-order valence-corrected chi connectivity index (χ1v) is 9.34. The number of benzene rings is 2. The molecule has 1 atom stereocenters. The number of carboxylic acids is 1. The molecule has 2 aromatic carbocycles. The maximum Gasteiger partial charge on any atom is 0.336 e. The lowest BCUT2D eigenvalue weighted by atomic mass is 9.90. The number of ether oxygens (including phenoxy) is 1. The van der Waals surface area contributed by atoms with Crippen LogP contribution in [0.5, 0.6) is 5.75 Å². The van der Waals surface area contributed by atoms with E-state index in [1.807, 2.05) is 73.0 Å². The van der Waals surface area contributed by atoms with Crippen molar-refractivity contribution in [1.82, 2.24) is 0 Å². The van der Waals surface area contributed by atoms with Gasteiger partial charge in [0, 0.05) is 16.4 Å². The van der Waals surface area contributed by atoms with Gasteiger partial charge < -0.3 is 9.84 Å². The molecule has 0 bridgehead atoms. The number of hydrogen-bond donors (Lipinski definition) is 1. The predicted molar refractivity (Wildman–Crippen MR) is 106 cm³/mol. The van der Waals surface area contributed by atoms with Crippen molar-refractivity contribution >= 4 is 23.4 Å². The standard InChI is InChI=1S/C22H20O3S/c1-2-25-19-11-6-10-18(22(23)24)21(19)17(20-12-7-15-26-20)14-13-16-8-4-3-5-9-16/h3-15,17H,2H2,1H3,(H,23,24). The molecule has 0 fully saturated rings. The van der Waals surface area contributed by atoms with Crippen LogP contribution >= 0.6 is 11.3 Å². The third kappa shape index (κ3) is 4.03. The molecule has 0 aliphatic carbocycles. The van der Waals surface area contributed by atoms with Gasteiger partial charge in [0.05, 0.1) is 12.2 Å². The summed E-state index contributed by atoms with van der Waals surface area (Å²) in [5.41, 5.74) is 2.03. The zero-order valence-electron chi connectivity index (χ0n) is 14.5. The van der Waals surface area contributed by atoms with Crippen molar-refractivity contribution in [2.24, 2.45) is 0 Å². The highest BCUT2D eigenvalue weighted by atomic mass is 32.1. The van der Waals surface area contributed by atoms with Crippen molar-refractivity contribution in [1.29, 1.82) is 0 Å². The van der Waals surface area contributed by atoms with Gasteiger partial charge in [-0.15, -0.1) is 11.3 Å². The summed E-state index contributed by atoms with van der Waals surface area (Å²) < 4.78 is 5.77. The SMILES string of the molecule is CCOc1cccc(C(=O)O)c1C(C=Cc1ccccc1)c1cccs1. The number of hydrogen-bond acceptors (Lipinski definition) is 3. The molecule has 1 unspecified atom stereocenters. The number of allylic oxidation sites excluding steroid dienone is 1. The van der Waals surface area contributed by atoms with Crippen LogP contribution in [0.3, 0.4) is 0 Å². The summed E-state index contributed by atoms with van der Waals surface area (Å²) in [6.07, 6.45) is 4.07. The zero-order valence-corrected chi connectivity index (χ0v) is 15.3. The Hall–Kier alpha value is -2.85. The number of rotatable bonds is 7. The highest BCUT2D eigenvalue weighted by Gasteiger charge is 2.23. The average Bonchev–Trinajstić information content (AvgIpc) is 3.18. The summed E-state index contributed by atoms with van der Waals surface area (Å²) >= 11 is 1.61. The van der Waals surface area contributed by atoms with Crippen molar-refractivity contribution in [3.8, 4) is 5.75 Å². The smallest absolute Gasteiger partial charge is 0.336 e. The van der Waals surface area contributed by atoms with Gasteiger partial charge in [-0.3, -0.25) is 0 Å². The second kappa shape index (κ2) is 8.50. The van der Waals surface area contributed by atoms with E-state index in [2.05, 4.69) is 0 Å². The van der Waals surface area contributed by atoms with E-state index in [-0.39, 0.29) is 11.5 Å². The fourth-order valence-electron chi connectivity index (χ4n) is 2.91. The van der Waals surface area contributed by atoms with Crippen LogP contribution in [-0.2, 0) is 0 Å². The van der Waals surface area contributed by atoms with Gasteiger partial charge in [-0.2, -0.15) is 0 Å². The van der Waals surface area contributed by atoms with Crippen LogP contribution in [-0.4, -0.2) is 17.7 Å². The van der Waals surface area contributed by atoms with Gasteiger partial charge in [-0.05, 0) is 36.1 Å². The lowest BCUT2D eigenvalue weighted by molar-refractivity contribution is 0.0695. The van der Waals surface area contributed by atoms with Crippen LogP contribution in [0.4, 0.5) is 0 Å². The van der Waals surface area contributed by atoms with Crippen LogP contribution in [0.1, 0.15) is 39.2 Å². The quantitative estimate of drug-likeness (QED) is 0.586. The summed E-state index contributed by atoms with van der Waals surface area (Å²) in [6, 6.07) is 19.2. The van der Waals surface area contributed by atoms with Gasteiger partial charge in [-0.1, -0.05) is 54.6 Å². The van der Waals surface area contributed by atoms with E-state index < -0.39 is 5.97 Å². The fraction of sp³-hybridized carbons (Fsp3) is 0.136. The Balaban J connectivity index is 2.13. The van der Waals surface area contributed by atoms with Gasteiger partial charge in [0.2, 0.25) is 0 Å². The van der Waals surface area contributed by atoms with Crippen LogP contribution < -0.4 is 4.74 Å². The fourth-order valence-corrected chi connectivity index (χ4v) is 3.72. The molecule has 26 heavy (non-hydrogen) atoms. The first-order chi connectivity index (χ1) is 12.7. The molecule has 0 saturated heterocycles. The highest BCUT2D eigenvalue weighted by molar-refractivity contribution is 7.10. The van der Waals surface area contributed by atoms with E-state index in [0.29, 0.717) is 17.9 Å². The Kier molecular flexibility index (Phi) is 5.87. The van der Waals surface area contributed by atoms with Crippen LogP contribution in [0, 0.1) is 0 Å². The molecular weight excluding hydrogens is 344 g/mol. The highest BCUT2D eigenvalue weighted by Crippen LogP contribution is 2.38. The van der Waals surface area contributed by atoms with E-state index in [1.165, 1.54) is 0 Å². The third-order valence-electron chi connectivity index (χ3n) is 4.04. The molecule has 1 heterocycles. The normalized spacial score (nSPS) is 12.2. The summed E-state index contributed by atoms with van der Waals surface area (Å²) in [4.78, 5) is 12.9. The summed E-state index contributed by atoms with van der Waals surface area (Å²) in [5.74, 6) is -0.524. The molecule has 3 aromatic rings. The van der Waals surface area contributed by atoms with Gasteiger partial charge in [-0.25, -0.2) is 4.79 Å². The molecule has 132 valence electrons. The van der Waals surface area contributed by atoms with E-state index >= 15 is 0 Å². The molecule has 0 spiro atoms. The van der Waals surface area contributed by atoms with Crippen LogP contribution in [0.25, 0.3) is 6.08 Å². The zero-order chi connectivity index (χ0) is 18.4. The van der Waals surface area contributed by atoms with Gasteiger partial charge in [0.1, 0.15) is 5.75 Å². The number of carboxylic acid groups (broad SMARTS) is 1. The summed E-state index contributed by atoms with van der Waals surface area (Å²) in [5, 5.41) is 11.7. The third-order valence-corrected chi connectivity index (χ3v) is 4.99. The van der Waals surface area contributed by atoms with Crippen molar-refractivity contribution in [3.05, 3.63) is 93.7 Å². The second-order valence-electron chi connectivity index (χ2n) is 5.72.